The Balaban J connectivity index is 2.96. The van der Waals surface area contributed by atoms with Gasteiger partial charge in [0.05, 0.1) is 12.8 Å². The molecule has 5 N–H and O–H groups in total. The summed E-state index contributed by atoms with van der Waals surface area (Å²) in [6, 6.07) is 4.58. The summed E-state index contributed by atoms with van der Waals surface area (Å²) < 4.78 is 5.75. The van der Waals surface area contributed by atoms with E-state index in [0.29, 0.717) is 15.9 Å². The van der Waals surface area contributed by atoms with E-state index in [9.17, 15) is 4.79 Å². The molecule has 0 aliphatic heterocycles. The van der Waals surface area contributed by atoms with Gasteiger partial charge in [-0.05, 0) is 28.1 Å². The number of hydrogen-bond donors (Lipinski definition) is 3. The molecule has 0 aliphatic carbocycles. The number of guanidine groups is 1. The van der Waals surface area contributed by atoms with Gasteiger partial charge in [0.2, 0.25) is 0 Å². The summed E-state index contributed by atoms with van der Waals surface area (Å²) in [6.07, 6.45) is 0. The lowest BCUT2D eigenvalue weighted by atomic mass is 10.3. The highest BCUT2D eigenvalue weighted by Gasteiger charge is 2.10. The Bertz CT molecular complexity index is 430. The molecule has 0 atom stereocenters. The molecule has 0 saturated heterocycles. The highest BCUT2D eigenvalue weighted by Crippen LogP contribution is 2.32. The molecule has 1 rings (SSSR count). The lowest BCUT2D eigenvalue weighted by Gasteiger charge is -2.09. The molecule has 86 valence electrons. The normalized spacial score (nSPS) is 9.38. The van der Waals surface area contributed by atoms with Gasteiger partial charge in [-0.15, -0.1) is 0 Å². The summed E-state index contributed by atoms with van der Waals surface area (Å²) in [6.45, 7) is 0. The van der Waals surface area contributed by atoms with Gasteiger partial charge in [-0.2, -0.15) is 4.99 Å². The lowest BCUT2D eigenvalue weighted by Crippen LogP contribution is -2.25. The first-order valence-electron chi connectivity index (χ1n) is 4.27. The molecule has 0 bridgehead atoms. The van der Waals surface area contributed by atoms with Gasteiger partial charge in [0.25, 0.3) is 0 Å². The summed E-state index contributed by atoms with van der Waals surface area (Å²) in [5, 5.41) is 2.50. The van der Waals surface area contributed by atoms with Crippen LogP contribution < -0.4 is 21.5 Å². The zero-order valence-corrected chi connectivity index (χ0v) is 10.1. The maximum absolute atomic E-state index is 11.3. The number of nitrogens with one attached hydrogen (secondary N) is 1. The van der Waals surface area contributed by atoms with Crippen LogP contribution in [0.2, 0.25) is 0 Å². The van der Waals surface area contributed by atoms with Crippen molar-refractivity contribution in [2.24, 2.45) is 16.5 Å². The predicted molar refractivity (Wildman–Crippen MR) is 65.5 cm³/mol. The lowest BCUT2D eigenvalue weighted by molar-refractivity contribution is 0.259. The minimum atomic E-state index is -0.662. The first kappa shape index (κ1) is 12.3. The fourth-order valence-corrected chi connectivity index (χ4v) is 1.50. The zero-order valence-electron chi connectivity index (χ0n) is 8.53. The van der Waals surface area contributed by atoms with Gasteiger partial charge in [0, 0.05) is 4.47 Å². The summed E-state index contributed by atoms with van der Waals surface area (Å²) in [5.74, 6) is 0.206. The second-order valence-electron chi connectivity index (χ2n) is 2.78. The molecule has 0 radical (unpaired) electrons. The highest BCUT2D eigenvalue weighted by atomic mass is 79.9. The molecule has 0 fully saturated rings. The Kier molecular flexibility index (Phi) is 4.12. The SMILES string of the molecule is COc1cccc(Br)c1NC(=O)N=C(N)N. The number of nitrogens with zero attached hydrogens (tertiary/aromatic N) is 1. The van der Waals surface area contributed by atoms with E-state index >= 15 is 0 Å². The van der Waals surface area contributed by atoms with Gasteiger partial charge < -0.3 is 21.5 Å². The van der Waals surface area contributed by atoms with Crippen LogP contribution >= 0.6 is 15.9 Å². The third-order valence-corrected chi connectivity index (χ3v) is 2.32. The van der Waals surface area contributed by atoms with Crippen molar-refractivity contribution in [3.05, 3.63) is 22.7 Å². The minimum Gasteiger partial charge on any atom is -0.495 e. The maximum Gasteiger partial charge on any atom is 0.348 e. The number of carbonyl (C=O) groups is 1. The number of aliphatic imine (C=N–C) groups is 1. The Hall–Kier alpha value is -1.76. The molecule has 6 nitrogen and oxygen atoms in total. The molecule has 0 unspecified atom stereocenters. The summed E-state index contributed by atoms with van der Waals surface area (Å²) in [4.78, 5) is 14.6. The topological polar surface area (TPSA) is 103 Å². The van der Waals surface area contributed by atoms with Crippen molar-refractivity contribution in [1.82, 2.24) is 0 Å². The molecule has 2 amide bonds. The highest BCUT2D eigenvalue weighted by molar-refractivity contribution is 9.10. The minimum absolute atomic E-state index is 0.302. The van der Waals surface area contributed by atoms with E-state index < -0.39 is 6.03 Å². The van der Waals surface area contributed by atoms with E-state index in [-0.39, 0.29) is 5.96 Å². The molecule has 1 aromatic rings. The fraction of sp³-hybridized carbons (Fsp3) is 0.111. The quantitative estimate of drug-likeness (QED) is 0.562. The van der Waals surface area contributed by atoms with Crippen LogP contribution in [0.4, 0.5) is 10.5 Å². The summed E-state index contributed by atoms with van der Waals surface area (Å²) in [5.41, 5.74) is 10.6. The largest absolute Gasteiger partial charge is 0.495 e. The van der Waals surface area contributed by atoms with E-state index in [2.05, 4.69) is 26.2 Å². The van der Waals surface area contributed by atoms with Gasteiger partial charge in [-0.3, -0.25) is 0 Å². The van der Waals surface area contributed by atoms with Crippen LogP contribution in [-0.4, -0.2) is 19.1 Å². The third-order valence-electron chi connectivity index (χ3n) is 1.66. The first-order valence-corrected chi connectivity index (χ1v) is 5.07. The van der Waals surface area contributed by atoms with Crippen LogP contribution in [0.5, 0.6) is 5.75 Å². The van der Waals surface area contributed by atoms with E-state index in [0.717, 1.165) is 0 Å². The zero-order chi connectivity index (χ0) is 12.1. The summed E-state index contributed by atoms with van der Waals surface area (Å²) >= 11 is 3.28. The van der Waals surface area contributed by atoms with Crippen LogP contribution in [0.1, 0.15) is 0 Å². The number of benzene rings is 1. The van der Waals surface area contributed by atoms with Gasteiger partial charge in [-0.25, -0.2) is 4.79 Å². The molecule has 0 aliphatic rings. The van der Waals surface area contributed by atoms with Crippen molar-refractivity contribution in [2.45, 2.75) is 0 Å². The number of anilines is 1. The number of amides is 2. The van der Waals surface area contributed by atoms with Crippen LogP contribution in [0.15, 0.2) is 27.7 Å². The molecular weight excluding hydrogens is 276 g/mol. The average Bonchev–Trinajstić information content (AvgIpc) is 2.20. The number of hydrogen-bond acceptors (Lipinski definition) is 2. The fourth-order valence-electron chi connectivity index (χ4n) is 1.05. The van der Waals surface area contributed by atoms with E-state index in [1.54, 1.807) is 18.2 Å². The van der Waals surface area contributed by atoms with Crippen molar-refractivity contribution < 1.29 is 9.53 Å². The molecule has 7 heteroatoms. The molecule has 0 saturated carbocycles. The Morgan fingerprint density at radius 2 is 2.19 bits per heavy atom. The summed E-state index contributed by atoms with van der Waals surface area (Å²) in [7, 11) is 1.50. The standard InChI is InChI=1S/C9H11BrN4O2/c1-16-6-4-2-3-5(10)7(6)13-9(15)14-8(11)12/h2-4H,1H3,(H5,11,12,13,14,15). The number of para-hydroxylation sites is 1. The van der Waals surface area contributed by atoms with Crippen molar-refractivity contribution in [2.75, 3.05) is 12.4 Å². The second kappa shape index (κ2) is 5.36. The van der Waals surface area contributed by atoms with Crippen molar-refractivity contribution >= 4 is 33.6 Å². The third kappa shape index (κ3) is 3.13. The van der Waals surface area contributed by atoms with E-state index in [4.69, 9.17) is 16.2 Å². The number of rotatable bonds is 2. The first-order chi connectivity index (χ1) is 7.54. The van der Waals surface area contributed by atoms with Gasteiger partial charge >= 0.3 is 6.03 Å². The van der Waals surface area contributed by atoms with Gasteiger partial charge in [-0.1, -0.05) is 6.07 Å². The average molecular weight is 287 g/mol. The Morgan fingerprint density at radius 3 is 2.75 bits per heavy atom. The van der Waals surface area contributed by atoms with E-state index in [1.807, 2.05) is 0 Å². The molecule has 0 aromatic heterocycles. The molecule has 1 aromatic carbocycles. The van der Waals surface area contributed by atoms with Crippen LogP contribution in [-0.2, 0) is 0 Å². The number of urea groups is 1. The van der Waals surface area contributed by atoms with Gasteiger partial charge in [0.15, 0.2) is 5.96 Å². The van der Waals surface area contributed by atoms with Crippen LogP contribution in [0.3, 0.4) is 0 Å². The number of ether oxygens (including phenoxy) is 1. The monoisotopic (exact) mass is 286 g/mol. The number of methoxy groups -OCH3 is 1. The van der Waals surface area contributed by atoms with Crippen LogP contribution in [0, 0.1) is 0 Å². The van der Waals surface area contributed by atoms with Crippen LogP contribution in [0.25, 0.3) is 0 Å². The van der Waals surface area contributed by atoms with Crippen molar-refractivity contribution in [3.8, 4) is 5.75 Å². The smallest absolute Gasteiger partial charge is 0.348 e. The van der Waals surface area contributed by atoms with Crippen molar-refractivity contribution in [1.29, 1.82) is 0 Å². The van der Waals surface area contributed by atoms with Gasteiger partial charge in [0.1, 0.15) is 5.75 Å². The van der Waals surface area contributed by atoms with Crippen molar-refractivity contribution in [3.63, 3.8) is 0 Å². The second-order valence-corrected chi connectivity index (χ2v) is 3.64. The molecule has 0 heterocycles. The maximum atomic E-state index is 11.3. The molecule has 0 spiro atoms. The molecule has 16 heavy (non-hydrogen) atoms. The molecular formula is C9H11BrN4O2. The number of nitrogens with two attached hydrogens (primary N) is 2. The number of halogens is 1. The van der Waals surface area contributed by atoms with E-state index in [1.165, 1.54) is 7.11 Å². The Labute approximate surface area is 101 Å². The Morgan fingerprint density at radius 1 is 1.50 bits per heavy atom. The number of carbonyl (C=O) groups excluding carboxylic acids is 1. The predicted octanol–water partition coefficient (Wildman–Crippen LogP) is 1.26.